The Morgan fingerprint density at radius 1 is 0.636 bits per heavy atom. The van der Waals surface area contributed by atoms with E-state index in [0.29, 0.717) is 24.9 Å². The maximum atomic E-state index is 15.4. The van der Waals surface area contributed by atoms with Gasteiger partial charge in [0.2, 0.25) is 35.4 Å². The van der Waals surface area contributed by atoms with E-state index in [1.807, 2.05) is 126 Å². The lowest BCUT2D eigenvalue weighted by Gasteiger charge is -2.42. The standard InChI is InChI=1S/C61H81N9O7/c1-38(62-9)53(71)66-51(60(3,4)5)58(76)69-34-32-43-22-15-17-25-47(43)50(69)57(75)68(33-31-40-19-12-11-13-20-40)36-41-27-29-44(30-28-41)55(73)64-45-35-49(56(74)65-48-26-18-23-42-21-14-16-24-46(42)48)70(37-45)59(77)52(61(6,7)8)67-54(72)39(2)63-10/h11-17,19-22,24-25,27-30,38-39,45,48-52,62-63H,18,23,26,31-37H2,1-10H3,(H,64,73)(H,65,74)(H,66,71)(H,67,72)/t38-,39-,45-,48+,49-,50-,51+,52+/m0/s1. The van der Waals surface area contributed by atoms with Gasteiger partial charge in [-0.3, -0.25) is 33.6 Å². The van der Waals surface area contributed by atoms with Crippen molar-refractivity contribution < 1.29 is 33.6 Å². The summed E-state index contributed by atoms with van der Waals surface area (Å²) in [4.78, 5) is 105. The summed E-state index contributed by atoms with van der Waals surface area (Å²) in [6.45, 7) is 15.6. The van der Waals surface area contributed by atoms with Gasteiger partial charge in [0.25, 0.3) is 5.91 Å². The van der Waals surface area contributed by atoms with Crippen molar-refractivity contribution in [3.63, 3.8) is 0 Å². The fraction of sp³-hybridized carbons (Fsp3) is 0.492. The maximum absolute atomic E-state index is 15.4. The van der Waals surface area contributed by atoms with Gasteiger partial charge in [-0.1, -0.05) is 133 Å². The van der Waals surface area contributed by atoms with Crippen LogP contribution in [0.1, 0.15) is 130 Å². The molecule has 2 aliphatic heterocycles. The van der Waals surface area contributed by atoms with Crippen LogP contribution in [0.15, 0.2) is 103 Å². The average molecular weight is 1050 g/mol. The number of amides is 7. The zero-order chi connectivity index (χ0) is 55.8. The highest BCUT2D eigenvalue weighted by molar-refractivity contribution is 5.97. The monoisotopic (exact) mass is 1050 g/mol. The first-order chi connectivity index (χ1) is 36.6. The highest BCUT2D eigenvalue weighted by Gasteiger charge is 2.47. The first-order valence-corrected chi connectivity index (χ1v) is 27.3. The van der Waals surface area contributed by atoms with Crippen molar-refractivity contribution in [1.29, 1.82) is 0 Å². The van der Waals surface area contributed by atoms with Crippen molar-refractivity contribution in [2.45, 2.75) is 149 Å². The summed E-state index contributed by atoms with van der Waals surface area (Å²) < 4.78 is 0. The lowest BCUT2D eigenvalue weighted by Crippen LogP contribution is -2.60. The first kappa shape index (κ1) is 57.8. The number of rotatable bonds is 18. The van der Waals surface area contributed by atoms with Gasteiger partial charge >= 0.3 is 0 Å². The van der Waals surface area contributed by atoms with Crippen LogP contribution in [0.4, 0.5) is 0 Å². The number of benzene rings is 4. The van der Waals surface area contributed by atoms with Crippen LogP contribution in [0.2, 0.25) is 0 Å². The van der Waals surface area contributed by atoms with E-state index in [2.05, 4.69) is 38.0 Å². The molecule has 6 N–H and O–H groups in total. The van der Waals surface area contributed by atoms with Crippen molar-refractivity contribution in [3.8, 4) is 0 Å². The van der Waals surface area contributed by atoms with E-state index in [1.54, 1.807) is 49.9 Å². The molecule has 1 fully saturated rings. The summed E-state index contributed by atoms with van der Waals surface area (Å²) in [5.41, 5.74) is 4.70. The lowest BCUT2D eigenvalue weighted by atomic mass is 9.83. The fourth-order valence-electron chi connectivity index (χ4n) is 10.7. The summed E-state index contributed by atoms with van der Waals surface area (Å²) in [6.07, 6.45) is 3.83. The molecule has 8 atom stereocenters. The third kappa shape index (κ3) is 14.0. The first-order valence-electron chi connectivity index (χ1n) is 27.3. The number of hydrogen-bond donors (Lipinski definition) is 6. The van der Waals surface area contributed by atoms with Crippen LogP contribution in [0.5, 0.6) is 0 Å². The number of likely N-dealkylation sites (N-methyl/N-ethyl adjacent to an activating group) is 2. The molecule has 4 aromatic carbocycles. The van der Waals surface area contributed by atoms with Crippen molar-refractivity contribution in [2.24, 2.45) is 10.8 Å². The summed E-state index contributed by atoms with van der Waals surface area (Å²) in [5.74, 6) is -2.38. The van der Waals surface area contributed by atoms with E-state index in [4.69, 9.17) is 0 Å². The van der Waals surface area contributed by atoms with Crippen LogP contribution in [-0.4, -0.2) is 126 Å². The summed E-state index contributed by atoms with van der Waals surface area (Å²) in [6, 6.07) is 27.0. The van der Waals surface area contributed by atoms with E-state index in [1.165, 1.54) is 10.5 Å². The minimum atomic E-state index is -0.967. The van der Waals surface area contributed by atoms with Crippen molar-refractivity contribution >= 4 is 41.4 Å². The van der Waals surface area contributed by atoms with Gasteiger partial charge in [-0.2, -0.15) is 0 Å². The zero-order valence-electron chi connectivity index (χ0n) is 46.7. The van der Waals surface area contributed by atoms with E-state index in [-0.39, 0.29) is 61.6 Å². The van der Waals surface area contributed by atoms with Crippen LogP contribution in [-0.2, 0) is 54.6 Å². The molecule has 77 heavy (non-hydrogen) atoms. The average Bonchev–Trinajstić information content (AvgIpc) is 3.85. The SMILES string of the molecule is CN[C@@H](C)C(=O)N[C@H](C(=O)N1CCc2ccccc2[C@H]1C(=O)N(CCc1ccccc1)Cc1ccc(C(=O)N[C@H]2C[C@@H](C(=O)N[C@@H]3CCCc4ccccc43)N(C(=O)[C@@H](NC(=O)[C@H](C)NC)C(C)(C)C)C2)cc1)C(C)(C)C. The normalized spacial score (nSPS) is 19.8. The zero-order valence-corrected chi connectivity index (χ0v) is 46.7. The highest BCUT2D eigenvalue weighted by atomic mass is 16.2. The second-order valence-electron chi connectivity index (χ2n) is 23.3. The Labute approximate surface area is 455 Å². The molecule has 4 aromatic rings. The highest BCUT2D eigenvalue weighted by Crippen LogP contribution is 2.36. The smallest absolute Gasteiger partial charge is 0.251 e. The predicted molar refractivity (Wildman–Crippen MR) is 298 cm³/mol. The Morgan fingerprint density at radius 3 is 1.77 bits per heavy atom. The largest absolute Gasteiger partial charge is 0.347 e. The van der Waals surface area contributed by atoms with Crippen molar-refractivity contribution in [2.75, 3.05) is 33.7 Å². The summed E-state index contributed by atoms with van der Waals surface area (Å²) in [7, 11) is 3.36. The fourth-order valence-corrected chi connectivity index (χ4v) is 10.7. The minimum Gasteiger partial charge on any atom is -0.347 e. The van der Waals surface area contributed by atoms with Gasteiger partial charge in [0.15, 0.2) is 0 Å². The summed E-state index contributed by atoms with van der Waals surface area (Å²) in [5, 5.41) is 18.2. The molecule has 0 saturated carbocycles. The van der Waals surface area contributed by atoms with Gasteiger partial charge in [-0.15, -0.1) is 0 Å². The third-order valence-electron chi connectivity index (χ3n) is 15.6. The van der Waals surface area contributed by atoms with Gasteiger partial charge in [-0.05, 0) is 123 Å². The molecule has 0 unspecified atom stereocenters. The van der Waals surface area contributed by atoms with Gasteiger partial charge in [0, 0.05) is 37.8 Å². The molecule has 0 spiro atoms. The Kier molecular flexibility index (Phi) is 18.8. The Balaban J connectivity index is 1.13. The second-order valence-corrected chi connectivity index (χ2v) is 23.3. The van der Waals surface area contributed by atoms with Crippen LogP contribution in [0.3, 0.4) is 0 Å². The van der Waals surface area contributed by atoms with Crippen LogP contribution in [0.25, 0.3) is 0 Å². The van der Waals surface area contributed by atoms with E-state index >= 15 is 4.79 Å². The lowest BCUT2D eigenvalue weighted by molar-refractivity contribution is -0.151. The molecule has 0 bridgehead atoms. The Bertz CT molecular complexity index is 2750. The number of likely N-dealkylation sites (tertiary alicyclic amines) is 1. The second kappa shape index (κ2) is 25.0. The van der Waals surface area contributed by atoms with E-state index in [0.717, 1.165) is 47.1 Å². The Hall–Kier alpha value is -6.91. The van der Waals surface area contributed by atoms with Crippen LogP contribution >= 0.6 is 0 Å². The number of fused-ring (bicyclic) bond motifs is 2. The molecule has 412 valence electrons. The third-order valence-corrected chi connectivity index (χ3v) is 15.6. The number of carbonyl (C=O) groups excluding carboxylic acids is 7. The molecule has 7 rings (SSSR count). The molecule has 1 aliphatic carbocycles. The van der Waals surface area contributed by atoms with E-state index in [9.17, 15) is 28.8 Å². The molecular formula is C61H81N9O7. The molecule has 7 amide bonds. The summed E-state index contributed by atoms with van der Waals surface area (Å²) >= 11 is 0. The number of aryl methyl sites for hydroxylation is 1. The molecule has 2 heterocycles. The quantitative estimate of drug-likeness (QED) is 0.0739. The van der Waals surface area contributed by atoms with Gasteiger partial charge in [0.1, 0.15) is 24.2 Å². The van der Waals surface area contributed by atoms with E-state index < -0.39 is 64.9 Å². The van der Waals surface area contributed by atoms with Crippen LogP contribution in [0, 0.1) is 10.8 Å². The predicted octanol–water partition coefficient (Wildman–Crippen LogP) is 5.55. The van der Waals surface area contributed by atoms with Crippen molar-refractivity contribution in [3.05, 3.63) is 142 Å². The molecule has 1 saturated heterocycles. The number of hydrogen-bond acceptors (Lipinski definition) is 9. The topological polar surface area (TPSA) is 201 Å². The van der Waals surface area contributed by atoms with Crippen molar-refractivity contribution in [1.82, 2.24) is 46.6 Å². The molecule has 16 nitrogen and oxygen atoms in total. The van der Waals surface area contributed by atoms with Crippen LogP contribution < -0.4 is 31.9 Å². The number of carbonyl (C=O) groups is 7. The molecule has 16 heteroatoms. The Morgan fingerprint density at radius 2 is 1.18 bits per heavy atom. The minimum absolute atomic E-state index is 0.0479. The number of nitrogens with one attached hydrogen (secondary N) is 6. The maximum Gasteiger partial charge on any atom is 0.251 e. The molecule has 0 aromatic heterocycles. The molecule has 3 aliphatic rings. The number of nitrogens with zero attached hydrogens (tertiary/aromatic N) is 3. The molecule has 0 radical (unpaired) electrons. The van der Waals surface area contributed by atoms with Gasteiger partial charge in [-0.25, -0.2) is 0 Å². The van der Waals surface area contributed by atoms with Gasteiger partial charge < -0.3 is 46.6 Å². The van der Waals surface area contributed by atoms with Gasteiger partial charge in [0.05, 0.1) is 18.1 Å². The molecular weight excluding hydrogens is 971 g/mol.